The molecule has 0 saturated heterocycles. The Morgan fingerprint density at radius 3 is 1.10 bits per heavy atom. The van der Waals surface area contributed by atoms with E-state index >= 15 is 0 Å². The minimum Gasteiger partial charge on any atom is -0.432 e. The Labute approximate surface area is 407 Å². The first-order chi connectivity index (χ1) is 33.6. The second-order valence-corrected chi connectivity index (χ2v) is 19.8. The lowest BCUT2D eigenvalue weighted by atomic mass is 10.4. The Balaban J connectivity index is 1.33. The Morgan fingerprint density at radius 2 is 0.803 bits per heavy atom. The summed E-state index contributed by atoms with van der Waals surface area (Å²) in [6.07, 6.45) is -3.07. The average Bonchev–Trinajstić information content (AvgIpc) is 3.88. The van der Waals surface area contributed by atoms with Gasteiger partial charge in [-0.3, -0.25) is 27.2 Å². The second-order valence-electron chi connectivity index (χ2n) is 15.8. The quantitative estimate of drug-likeness (QED) is 0.0237. The molecular formula is C39H60N10O20P2. The van der Waals surface area contributed by atoms with Gasteiger partial charge in [0.1, 0.15) is 36.4 Å². The summed E-state index contributed by atoms with van der Waals surface area (Å²) < 4.78 is 102. The van der Waals surface area contributed by atoms with Gasteiger partial charge in [-0.05, 0) is 69.2 Å². The molecule has 4 aromatic rings. The molecule has 30 nitrogen and oxygen atoms in total. The zero-order valence-electron chi connectivity index (χ0n) is 40.8. The first-order valence-electron chi connectivity index (χ1n) is 21.8. The van der Waals surface area contributed by atoms with Gasteiger partial charge in [-0.25, -0.2) is 49.1 Å². The van der Waals surface area contributed by atoms with Crippen LogP contribution >= 0.6 is 15.2 Å². The molecule has 396 valence electrons. The molecule has 71 heavy (non-hydrogen) atoms. The molecule has 4 heterocycles. The standard InChI is InChI=1S/C39H60N10O20P2/c1-24(2)66-36(50)56-18-62-70(54,63-19-57-37(51)67-25(3)4)22-60-28(9)11-48-16-46-30-32(42-14-44-34(30)48)40-13-41-33-31-35(45-15-43-33)49(17-47-31)12-29(10)61-23-71(55,64-20-58-38(52)68-26(5)6)65-21-59-39(53)69-27(7)8/h14-17,24-29H,11-13,18-23H2,1-10H3,(H,40,42,44)(H,41,43,45). The Bertz CT molecular complexity index is 2210. The number of aromatic nitrogens is 8. The highest BCUT2D eigenvalue weighted by atomic mass is 31.2. The molecule has 0 aliphatic carbocycles. The maximum atomic E-state index is 13.5. The van der Waals surface area contributed by atoms with Gasteiger partial charge in [0.05, 0.1) is 69.0 Å². The molecule has 2 N–H and O–H groups in total. The summed E-state index contributed by atoms with van der Waals surface area (Å²) in [5.41, 5.74) is 1.67. The van der Waals surface area contributed by atoms with Crippen molar-refractivity contribution in [3.63, 3.8) is 0 Å². The van der Waals surface area contributed by atoms with Crippen molar-refractivity contribution in [3.05, 3.63) is 25.3 Å². The number of hydrogen-bond donors (Lipinski definition) is 2. The SMILES string of the molecule is CC(C)OC(=O)OCOP(=O)(COC(C)Cn1cnc2c(NCNc3ncnc4c3ncn4CC(C)OCP(=O)(OCOC(=O)OC(C)C)OCOC(=O)OC(C)C)ncnc21)OCOC(=O)OC(C)C. The van der Waals surface area contributed by atoms with Crippen LogP contribution in [0.4, 0.5) is 30.8 Å². The molecule has 0 aliphatic heterocycles. The normalized spacial score (nSPS) is 12.8. The second kappa shape index (κ2) is 28.1. The molecule has 2 atom stereocenters. The van der Waals surface area contributed by atoms with Crippen molar-refractivity contribution in [2.24, 2.45) is 0 Å². The summed E-state index contributed by atoms with van der Waals surface area (Å²) in [6.45, 7) is 13.4. The fourth-order valence-electron chi connectivity index (χ4n) is 5.34. The van der Waals surface area contributed by atoms with Crippen LogP contribution < -0.4 is 10.6 Å². The van der Waals surface area contributed by atoms with E-state index in [0.717, 1.165) is 0 Å². The number of imidazole rings is 2. The largest absolute Gasteiger partial charge is 0.510 e. The van der Waals surface area contributed by atoms with Crippen molar-refractivity contribution < 1.29 is 93.8 Å². The van der Waals surface area contributed by atoms with Crippen LogP contribution in [0.25, 0.3) is 22.3 Å². The van der Waals surface area contributed by atoms with Gasteiger partial charge in [-0.1, -0.05) is 0 Å². The summed E-state index contributed by atoms with van der Waals surface area (Å²) in [6, 6.07) is 0. The minimum atomic E-state index is -4.21. The Morgan fingerprint density at radius 1 is 0.493 bits per heavy atom. The summed E-state index contributed by atoms with van der Waals surface area (Å²) in [5, 5.41) is 6.30. The van der Waals surface area contributed by atoms with E-state index in [1.54, 1.807) is 78.4 Å². The number of carbonyl (C=O) groups excluding carboxylic acids is 4. The Hall–Kier alpha value is -6.00. The van der Waals surface area contributed by atoms with E-state index in [4.69, 9.17) is 65.5 Å². The number of nitrogens with one attached hydrogen (secondary N) is 2. The predicted molar refractivity (Wildman–Crippen MR) is 243 cm³/mol. The van der Waals surface area contributed by atoms with Crippen LogP contribution in [0.15, 0.2) is 25.3 Å². The minimum absolute atomic E-state index is 0.0944. The van der Waals surface area contributed by atoms with E-state index in [-0.39, 0.29) is 19.8 Å². The molecule has 0 saturated carbocycles. The lowest BCUT2D eigenvalue weighted by Gasteiger charge is -2.21. The summed E-state index contributed by atoms with van der Waals surface area (Å²) >= 11 is 0. The van der Waals surface area contributed by atoms with E-state index in [0.29, 0.717) is 34.0 Å². The number of anilines is 2. The molecule has 0 aliphatic rings. The van der Waals surface area contributed by atoms with Crippen LogP contribution in [0.3, 0.4) is 0 Å². The smallest absolute Gasteiger partial charge is 0.432 e. The molecular weight excluding hydrogens is 990 g/mol. The van der Waals surface area contributed by atoms with E-state index in [1.807, 2.05) is 0 Å². The molecule has 0 fully saturated rings. The first-order valence-corrected chi connectivity index (χ1v) is 25.2. The molecule has 0 amide bonds. The topological polar surface area (TPSA) is 343 Å². The lowest BCUT2D eigenvalue weighted by Crippen LogP contribution is -2.20. The lowest BCUT2D eigenvalue weighted by molar-refractivity contribution is -0.0390. The van der Waals surface area contributed by atoms with Crippen molar-refractivity contribution in [1.82, 2.24) is 39.0 Å². The van der Waals surface area contributed by atoms with E-state index in [1.165, 1.54) is 25.3 Å². The van der Waals surface area contributed by atoms with Crippen molar-refractivity contribution >= 4 is 73.8 Å². The van der Waals surface area contributed by atoms with Crippen LogP contribution in [-0.4, -0.2) is 147 Å². The van der Waals surface area contributed by atoms with Crippen molar-refractivity contribution in [2.75, 3.05) is 57.2 Å². The highest BCUT2D eigenvalue weighted by molar-refractivity contribution is 7.53. The molecule has 0 radical (unpaired) electrons. The van der Waals surface area contributed by atoms with E-state index in [2.05, 4.69) is 40.5 Å². The summed E-state index contributed by atoms with van der Waals surface area (Å²) in [4.78, 5) is 73.5. The molecule has 0 aromatic carbocycles. The fourth-order valence-corrected chi connectivity index (χ4v) is 7.52. The number of rotatable bonds is 30. The third kappa shape index (κ3) is 20.3. The maximum absolute atomic E-state index is 13.5. The number of fused-ring (bicyclic) bond motifs is 2. The molecule has 4 aromatic heterocycles. The molecule has 0 bridgehead atoms. The van der Waals surface area contributed by atoms with Crippen LogP contribution in [0.1, 0.15) is 69.2 Å². The molecule has 2 unspecified atom stereocenters. The molecule has 4 rings (SSSR count). The zero-order chi connectivity index (χ0) is 52.1. The number of carbonyl (C=O) groups is 4. The third-order valence-corrected chi connectivity index (χ3v) is 11.2. The van der Waals surface area contributed by atoms with Gasteiger partial charge in [0.25, 0.3) is 0 Å². The van der Waals surface area contributed by atoms with Gasteiger partial charge in [-0.2, -0.15) is 0 Å². The summed E-state index contributed by atoms with van der Waals surface area (Å²) in [7, 11) is -8.41. The van der Waals surface area contributed by atoms with Crippen molar-refractivity contribution in [1.29, 1.82) is 0 Å². The maximum Gasteiger partial charge on any atom is 0.510 e. The first kappa shape index (κ1) is 57.6. The zero-order valence-corrected chi connectivity index (χ0v) is 42.6. The molecule has 32 heteroatoms. The Kier molecular flexibility index (Phi) is 22.8. The summed E-state index contributed by atoms with van der Waals surface area (Å²) in [5.74, 6) is 0.730. The molecule has 0 spiro atoms. The third-order valence-electron chi connectivity index (χ3n) is 8.29. The van der Waals surface area contributed by atoms with Crippen LogP contribution in [0.5, 0.6) is 0 Å². The average molecular weight is 1050 g/mol. The number of nitrogens with zero attached hydrogens (tertiary/aromatic N) is 8. The van der Waals surface area contributed by atoms with Crippen LogP contribution in [0.2, 0.25) is 0 Å². The van der Waals surface area contributed by atoms with Crippen molar-refractivity contribution in [3.8, 4) is 0 Å². The van der Waals surface area contributed by atoms with Gasteiger partial charge in [0.2, 0.25) is 27.2 Å². The highest BCUT2D eigenvalue weighted by Crippen LogP contribution is 2.49. The van der Waals surface area contributed by atoms with Crippen molar-refractivity contribution in [2.45, 2.75) is 119 Å². The fraction of sp³-hybridized carbons (Fsp3) is 0.641. The highest BCUT2D eigenvalue weighted by Gasteiger charge is 2.31. The van der Waals surface area contributed by atoms with Gasteiger partial charge in [-0.15, -0.1) is 0 Å². The van der Waals surface area contributed by atoms with E-state index in [9.17, 15) is 28.3 Å². The van der Waals surface area contributed by atoms with Gasteiger partial charge in [0.15, 0.2) is 22.9 Å². The van der Waals surface area contributed by atoms with Crippen LogP contribution in [0, 0.1) is 0 Å². The monoisotopic (exact) mass is 1050 g/mol. The predicted octanol–water partition coefficient (Wildman–Crippen LogP) is 6.70. The van der Waals surface area contributed by atoms with Gasteiger partial charge < -0.3 is 67.1 Å². The van der Waals surface area contributed by atoms with E-state index < -0.39 is 116 Å². The van der Waals surface area contributed by atoms with Gasteiger partial charge >= 0.3 is 39.8 Å². The van der Waals surface area contributed by atoms with Gasteiger partial charge in [0, 0.05) is 0 Å². The number of ether oxygens (including phenoxy) is 10. The number of hydrogen-bond acceptors (Lipinski definition) is 28. The van der Waals surface area contributed by atoms with Crippen LogP contribution in [-0.2, 0) is 87.7 Å².